The van der Waals surface area contributed by atoms with Crippen LogP contribution in [0.15, 0.2) is 110 Å². The number of rotatable bonds is 7. The van der Waals surface area contributed by atoms with E-state index in [1.807, 2.05) is 48.5 Å². The molecule has 10 rings (SSSR count). The highest BCUT2D eigenvalue weighted by molar-refractivity contribution is 6.29. The number of aryl methyl sites for hydroxylation is 2. The van der Waals surface area contributed by atoms with E-state index in [4.69, 9.17) is 26.7 Å². The quantitative estimate of drug-likeness (QED) is 0.134. The van der Waals surface area contributed by atoms with Gasteiger partial charge in [0, 0.05) is 98.8 Å². The molecule has 3 fully saturated rings. The average molecular weight is 845 g/mol. The largest absolute Gasteiger partial charge is 0.396 e. The zero-order chi connectivity index (χ0) is 40.7. The molecular formula is C47H51Cl2N9O2. The summed E-state index contributed by atoms with van der Waals surface area (Å²) in [6, 6.07) is 28.4. The molecule has 3 saturated heterocycles. The summed E-state index contributed by atoms with van der Waals surface area (Å²) in [7, 11) is 0. The van der Waals surface area contributed by atoms with E-state index < -0.39 is 0 Å². The van der Waals surface area contributed by atoms with Gasteiger partial charge in [-0.15, -0.1) is 12.4 Å². The number of aliphatic hydroxyl groups excluding tert-OH is 2. The highest BCUT2D eigenvalue weighted by atomic mass is 35.5. The Kier molecular flexibility index (Phi) is 14.2. The molecule has 60 heavy (non-hydrogen) atoms. The summed E-state index contributed by atoms with van der Waals surface area (Å²) in [4.78, 5) is 32.0. The maximum Gasteiger partial charge on any atom is 0.150 e. The van der Waals surface area contributed by atoms with Crippen LogP contribution >= 0.6 is 24.0 Å². The number of fused-ring (bicyclic) bond motifs is 2. The van der Waals surface area contributed by atoms with Crippen molar-refractivity contribution in [3.63, 3.8) is 0 Å². The average Bonchev–Trinajstić information content (AvgIpc) is 3.24. The molecule has 11 nitrogen and oxygen atoms in total. The number of nitrogens with one attached hydrogen (secondary N) is 1. The van der Waals surface area contributed by atoms with Crippen molar-refractivity contribution >= 4 is 57.4 Å². The number of nitrogens with zero attached hydrogens (tertiary/aromatic N) is 8. The van der Waals surface area contributed by atoms with Gasteiger partial charge in [0.2, 0.25) is 0 Å². The van der Waals surface area contributed by atoms with Crippen LogP contribution in [0.1, 0.15) is 52.8 Å². The first-order valence-corrected chi connectivity index (χ1v) is 20.8. The Hall–Kier alpha value is -5.30. The molecule has 0 saturated carbocycles. The van der Waals surface area contributed by atoms with E-state index in [2.05, 4.69) is 85.3 Å². The van der Waals surface area contributed by atoms with Gasteiger partial charge in [-0.25, -0.2) is 15.0 Å². The molecule has 3 aliphatic heterocycles. The number of hydrogen-bond acceptors (Lipinski definition) is 11. The lowest BCUT2D eigenvalue weighted by atomic mass is 9.93. The first kappa shape index (κ1) is 42.8. The van der Waals surface area contributed by atoms with E-state index in [0.717, 1.165) is 108 Å². The van der Waals surface area contributed by atoms with E-state index in [0.29, 0.717) is 22.9 Å². The van der Waals surface area contributed by atoms with Crippen LogP contribution in [0.4, 0.5) is 11.6 Å². The topological polar surface area (TPSA) is 136 Å². The molecule has 0 radical (unpaired) electrons. The summed E-state index contributed by atoms with van der Waals surface area (Å²) >= 11 is 5.75. The molecule has 310 valence electrons. The van der Waals surface area contributed by atoms with Crippen LogP contribution in [0.25, 0.3) is 33.1 Å². The maximum atomic E-state index is 9.40. The highest BCUT2D eigenvalue weighted by Crippen LogP contribution is 2.35. The standard InChI is InChI=1S/C23H27N5O.C14H15N3O.C10H8ClN.ClH/c1-16-2-4-20-18(12-16)3-5-21(26-20)28-13-19(14-28)22-23(25-9-8-24-22)27-10-6-17(15-29)7-11-27;18-9-10-1-3-11(4-2-10)13-14(12-7-15-8-12)17-6-5-16-13;1-7-2-4-9-8(6-7)3-5-10(11)12-9;/h2-5,8-9,12,17,19,29H,6-7,10-11,13-15H2,1H3;1-6,12,15,18H,7-9H2;2-6H,1H3;1H. The van der Waals surface area contributed by atoms with E-state index in [-0.39, 0.29) is 25.6 Å². The lowest BCUT2D eigenvalue weighted by Crippen LogP contribution is -2.47. The fourth-order valence-electron chi connectivity index (χ4n) is 7.79. The third-order valence-electron chi connectivity index (χ3n) is 11.4. The van der Waals surface area contributed by atoms with Gasteiger partial charge in [0.25, 0.3) is 0 Å². The predicted octanol–water partition coefficient (Wildman–Crippen LogP) is 8.09. The molecule has 0 atom stereocenters. The Morgan fingerprint density at radius 2 is 1.28 bits per heavy atom. The number of halogens is 2. The smallest absolute Gasteiger partial charge is 0.150 e. The molecule has 0 unspecified atom stereocenters. The number of pyridine rings is 2. The van der Waals surface area contributed by atoms with Gasteiger partial charge < -0.3 is 25.3 Å². The molecule has 3 aliphatic rings. The lowest BCUT2D eigenvalue weighted by Gasteiger charge is -2.41. The number of anilines is 2. The molecule has 7 aromatic rings. The molecule has 13 heteroatoms. The molecule has 3 aromatic carbocycles. The normalized spacial score (nSPS) is 15.6. The fraction of sp³-hybridized carbons (Fsp3) is 0.319. The molecule has 0 spiro atoms. The van der Waals surface area contributed by atoms with Gasteiger partial charge in [-0.3, -0.25) is 15.0 Å². The minimum atomic E-state index is 0. The monoisotopic (exact) mass is 843 g/mol. The Bertz CT molecular complexity index is 2470. The van der Waals surface area contributed by atoms with Crippen LogP contribution < -0.4 is 15.1 Å². The third-order valence-corrected chi connectivity index (χ3v) is 11.6. The van der Waals surface area contributed by atoms with E-state index in [9.17, 15) is 5.11 Å². The molecule has 0 amide bonds. The van der Waals surface area contributed by atoms with E-state index in [1.54, 1.807) is 24.8 Å². The van der Waals surface area contributed by atoms with Crippen molar-refractivity contribution in [1.29, 1.82) is 0 Å². The maximum absolute atomic E-state index is 9.40. The second-order valence-corrected chi connectivity index (χ2v) is 16.1. The number of aliphatic hydroxyl groups is 2. The Labute approximate surface area is 362 Å². The van der Waals surface area contributed by atoms with E-state index in [1.165, 1.54) is 16.5 Å². The summed E-state index contributed by atoms with van der Waals surface area (Å²) < 4.78 is 0. The van der Waals surface area contributed by atoms with Gasteiger partial charge in [-0.1, -0.05) is 59.1 Å². The fourth-order valence-corrected chi connectivity index (χ4v) is 7.94. The number of benzene rings is 3. The molecule has 7 heterocycles. The van der Waals surface area contributed by atoms with Gasteiger partial charge in [0.15, 0.2) is 5.82 Å². The summed E-state index contributed by atoms with van der Waals surface area (Å²) in [5, 5.41) is 24.6. The SMILES string of the molecule is Cc1ccc2nc(Cl)ccc2c1.Cc1ccc2nc(N3CC(c4nccnc4N4CCC(CO)CC4)C3)ccc2c1.Cl.OCc1ccc(-c2nccnc2C2CNC2)cc1. The van der Waals surface area contributed by atoms with Crippen molar-refractivity contribution in [1.82, 2.24) is 35.2 Å². The van der Waals surface area contributed by atoms with Crippen LogP contribution in [0.2, 0.25) is 5.15 Å². The number of hydrogen-bond donors (Lipinski definition) is 3. The second-order valence-electron chi connectivity index (χ2n) is 15.7. The minimum absolute atomic E-state index is 0. The Balaban J connectivity index is 0.000000149. The van der Waals surface area contributed by atoms with Crippen LogP contribution in [-0.4, -0.2) is 86.0 Å². The summed E-state index contributed by atoms with van der Waals surface area (Å²) in [6.45, 7) is 10.2. The molecule has 0 bridgehead atoms. The van der Waals surface area contributed by atoms with Gasteiger partial charge in [0.1, 0.15) is 11.0 Å². The number of aromatic nitrogens is 6. The van der Waals surface area contributed by atoms with Crippen LogP contribution in [-0.2, 0) is 6.61 Å². The van der Waals surface area contributed by atoms with Gasteiger partial charge in [-0.05, 0) is 86.7 Å². The summed E-state index contributed by atoms with van der Waals surface area (Å²) in [5.41, 5.74) is 9.58. The van der Waals surface area contributed by atoms with Crippen molar-refractivity contribution in [2.45, 2.75) is 45.1 Å². The molecule has 4 aromatic heterocycles. The minimum Gasteiger partial charge on any atom is -0.396 e. The third kappa shape index (κ3) is 10.00. The van der Waals surface area contributed by atoms with Crippen LogP contribution in [0.5, 0.6) is 0 Å². The van der Waals surface area contributed by atoms with E-state index >= 15 is 0 Å². The lowest BCUT2D eigenvalue weighted by molar-refractivity contribution is 0.202. The Morgan fingerprint density at radius 3 is 1.92 bits per heavy atom. The molecular weight excluding hydrogens is 793 g/mol. The highest BCUT2D eigenvalue weighted by Gasteiger charge is 2.34. The number of piperidine rings is 1. The van der Waals surface area contributed by atoms with Crippen LogP contribution in [0, 0.1) is 19.8 Å². The predicted molar refractivity (Wildman–Crippen MR) is 243 cm³/mol. The zero-order valence-electron chi connectivity index (χ0n) is 34.0. The second kappa shape index (κ2) is 19.8. The summed E-state index contributed by atoms with van der Waals surface area (Å²) in [6.07, 6.45) is 9.11. The first-order chi connectivity index (χ1) is 28.8. The van der Waals surface area contributed by atoms with Gasteiger partial charge in [-0.2, -0.15) is 0 Å². The van der Waals surface area contributed by atoms with Gasteiger partial charge >= 0.3 is 0 Å². The van der Waals surface area contributed by atoms with Gasteiger partial charge in [0.05, 0.1) is 34.7 Å². The van der Waals surface area contributed by atoms with Crippen molar-refractivity contribution in [3.8, 4) is 11.3 Å². The Morgan fingerprint density at radius 1 is 0.667 bits per heavy atom. The van der Waals surface area contributed by atoms with Crippen LogP contribution in [0.3, 0.4) is 0 Å². The zero-order valence-corrected chi connectivity index (χ0v) is 35.5. The first-order valence-electron chi connectivity index (χ1n) is 20.4. The van der Waals surface area contributed by atoms with Crippen molar-refractivity contribution < 1.29 is 10.2 Å². The van der Waals surface area contributed by atoms with Crippen molar-refractivity contribution in [2.24, 2.45) is 5.92 Å². The van der Waals surface area contributed by atoms with Crippen molar-refractivity contribution in [3.05, 3.63) is 143 Å². The summed E-state index contributed by atoms with van der Waals surface area (Å²) in [5.74, 6) is 3.33. The molecule has 0 aliphatic carbocycles. The van der Waals surface area contributed by atoms with Crippen molar-refractivity contribution in [2.75, 3.05) is 55.7 Å². The molecule has 3 N–H and O–H groups in total.